The first-order chi connectivity index (χ1) is 8.70. The highest BCUT2D eigenvalue weighted by molar-refractivity contribution is 6.29. The molecule has 2 rings (SSSR count). The molecule has 1 amide bonds. The molecule has 0 aromatic carbocycles. The van der Waals surface area contributed by atoms with Crippen molar-refractivity contribution in [3.8, 4) is 0 Å². The van der Waals surface area contributed by atoms with Gasteiger partial charge in [0.05, 0.1) is 13.1 Å². The van der Waals surface area contributed by atoms with E-state index < -0.39 is 17.4 Å². The fraction of sp³-hybridized carbons (Fsp3) is 0.538. The summed E-state index contributed by atoms with van der Waals surface area (Å²) in [6.45, 7) is 5.28. The smallest absolute Gasteiger partial charge is 0.410 e. The molecule has 0 unspecified atom stereocenters. The number of amides is 1. The zero-order chi connectivity index (χ0) is 14.3. The molecule has 0 aliphatic carbocycles. The zero-order valence-corrected chi connectivity index (χ0v) is 11.9. The summed E-state index contributed by atoms with van der Waals surface area (Å²) in [6, 6.07) is 3.12. The summed E-state index contributed by atoms with van der Waals surface area (Å²) in [5.74, 6) is 0. The van der Waals surface area contributed by atoms with Crippen molar-refractivity contribution in [2.24, 2.45) is 0 Å². The Hall–Kier alpha value is -1.36. The van der Waals surface area contributed by atoms with Gasteiger partial charge in [0.15, 0.2) is 5.67 Å². The molecule has 1 aliphatic heterocycles. The molecule has 0 spiro atoms. The highest BCUT2D eigenvalue weighted by Gasteiger charge is 2.48. The number of alkyl halides is 1. The Labute approximate surface area is 116 Å². The molecule has 4 nitrogen and oxygen atoms in total. The number of ether oxygens (including phenoxy) is 1. The van der Waals surface area contributed by atoms with Crippen LogP contribution in [0.2, 0.25) is 5.15 Å². The third-order valence-electron chi connectivity index (χ3n) is 2.78. The Morgan fingerprint density at radius 3 is 2.58 bits per heavy atom. The molecule has 1 aromatic heterocycles. The number of carbonyl (C=O) groups is 1. The Morgan fingerprint density at radius 1 is 1.47 bits per heavy atom. The molecule has 1 aromatic rings. The first kappa shape index (κ1) is 14.1. The topological polar surface area (TPSA) is 42.4 Å². The predicted molar refractivity (Wildman–Crippen MR) is 69.8 cm³/mol. The van der Waals surface area contributed by atoms with E-state index in [0.717, 1.165) is 0 Å². The van der Waals surface area contributed by atoms with Gasteiger partial charge in [-0.3, -0.25) is 0 Å². The number of nitrogens with zero attached hydrogens (tertiary/aromatic N) is 2. The molecular formula is C13H16ClFN2O2. The van der Waals surface area contributed by atoms with E-state index in [1.807, 2.05) is 0 Å². The molecule has 6 heteroatoms. The summed E-state index contributed by atoms with van der Waals surface area (Å²) in [4.78, 5) is 16.9. The minimum Gasteiger partial charge on any atom is -0.444 e. The molecule has 1 fully saturated rings. The molecular weight excluding hydrogens is 271 g/mol. The van der Waals surface area contributed by atoms with Gasteiger partial charge in [-0.2, -0.15) is 0 Å². The van der Waals surface area contributed by atoms with Crippen molar-refractivity contribution in [3.63, 3.8) is 0 Å². The van der Waals surface area contributed by atoms with E-state index in [1.165, 1.54) is 17.2 Å². The van der Waals surface area contributed by atoms with E-state index in [1.54, 1.807) is 26.8 Å². The monoisotopic (exact) mass is 286 g/mol. The first-order valence-electron chi connectivity index (χ1n) is 5.98. The molecule has 0 radical (unpaired) electrons. The number of aromatic nitrogens is 1. The number of carbonyl (C=O) groups excluding carboxylic acids is 1. The number of hydrogen-bond acceptors (Lipinski definition) is 3. The maximum Gasteiger partial charge on any atom is 0.410 e. The van der Waals surface area contributed by atoms with Crippen LogP contribution in [0.1, 0.15) is 26.3 Å². The molecule has 1 aliphatic rings. The molecule has 0 atom stereocenters. The van der Waals surface area contributed by atoms with E-state index in [0.29, 0.717) is 10.7 Å². The second-order valence-corrected chi connectivity index (χ2v) is 6.06. The summed E-state index contributed by atoms with van der Waals surface area (Å²) >= 11 is 5.66. The van der Waals surface area contributed by atoms with Gasteiger partial charge in [0.25, 0.3) is 0 Å². The number of halogens is 2. The van der Waals surface area contributed by atoms with Crippen LogP contribution in [0.25, 0.3) is 0 Å². The van der Waals surface area contributed by atoms with E-state index in [2.05, 4.69) is 4.98 Å². The van der Waals surface area contributed by atoms with Crippen molar-refractivity contribution in [2.45, 2.75) is 32.0 Å². The van der Waals surface area contributed by atoms with Gasteiger partial charge in [-0.05, 0) is 26.8 Å². The van der Waals surface area contributed by atoms with Crippen molar-refractivity contribution < 1.29 is 13.9 Å². The van der Waals surface area contributed by atoms with Gasteiger partial charge < -0.3 is 9.64 Å². The highest BCUT2D eigenvalue weighted by Crippen LogP contribution is 2.36. The summed E-state index contributed by atoms with van der Waals surface area (Å²) in [6.07, 6.45) is 0.900. The van der Waals surface area contributed by atoms with E-state index in [-0.39, 0.29) is 13.1 Å². The summed E-state index contributed by atoms with van der Waals surface area (Å²) in [5.41, 5.74) is -1.71. The third kappa shape index (κ3) is 3.15. The van der Waals surface area contributed by atoms with Crippen LogP contribution >= 0.6 is 11.6 Å². The molecule has 0 saturated carbocycles. The van der Waals surface area contributed by atoms with Gasteiger partial charge in [0, 0.05) is 11.8 Å². The number of hydrogen-bond donors (Lipinski definition) is 0. The van der Waals surface area contributed by atoms with Gasteiger partial charge in [-0.1, -0.05) is 17.7 Å². The average molecular weight is 287 g/mol. The third-order valence-corrected chi connectivity index (χ3v) is 3.00. The van der Waals surface area contributed by atoms with Gasteiger partial charge in [-0.25, -0.2) is 14.2 Å². The molecule has 104 valence electrons. The molecule has 0 bridgehead atoms. The van der Waals surface area contributed by atoms with Crippen LogP contribution in [0.4, 0.5) is 9.18 Å². The van der Waals surface area contributed by atoms with E-state index in [4.69, 9.17) is 16.3 Å². The van der Waals surface area contributed by atoms with Crippen molar-refractivity contribution in [2.75, 3.05) is 13.1 Å². The van der Waals surface area contributed by atoms with Crippen LogP contribution in [-0.4, -0.2) is 34.7 Å². The summed E-state index contributed by atoms with van der Waals surface area (Å²) in [5, 5.41) is 0.315. The molecule has 0 N–H and O–H groups in total. The van der Waals surface area contributed by atoms with Crippen LogP contribution in [0.5, 0.6) is 0 Å². The second kappa shape index (κ2) is 4.63. The van der Waals surface area contributed by atoms with Gasteiger partial charge in [0.1, 0.15) is 10.8 Å². The normalized spacial score (nSPS) is 17.8. The summed E-state index contributed by atoms with van der Waals surface area (Å²) in [7, 11) is 0. The largest absolute Gasteiger partial charge is 0.444 e. The number of pyridine rings is 1. The van der Waals surface area contributed by atoms with Crippen LogP contribution < -0.4 is 0 Å². The quantitative estimate of drug-likeness (QED) is 0.745. The standard InChI is InChI=1S/C13H16ClFN2O2/c1-12(2,3)19-11(18)17-7-13(15,8-17)9-4-5-10(14)16-6-9/h4-6H,7-8H2,1-3H3. The number of likely N-dealkylation sites (tertiary alicyclic amines) is 1. The SMILES string of the molecule is CC(C)(C)OC(=O)N1CC(F)(c2ccc(Cl)nc2)C1. The Balaban J connectivity index is 1.98. The lowest BCUT2D eigenvalue weighted by Crippen LogP contribution is -2.59. The predicted octanol–water partition coefficient (Wildman–Crippen LogP) is 3.15. The van der Waals surface area contributed by atoms with Crippen molar-refractivity contribution in [3.05, 3.63) is 29.0 Å². The van der Waals surface area contributed by atoms with Gasteiger partial charge in [0.2, 0.25) is 0 Å². The van der Waals surface area contributed by atoms with Gasteiger partial charge in [-0.15, -0.1) is 0 Å². The van der Waals surface area contributed by atoms with Crippen molar-refractivity contribution in [1.29, 1.82) is 0 Å². The van der Waals surface area contributed by atoms with E-state index in [9.17, 15) is 9.18 Å². The second-order valence-electron chi connectivity index (χ2n) is 5.67. The van der Waals surface area contributed by atoms with Crippen LogP contribution in [-0.2, 0) is 10.4 Å². The lowest BCUT2D eigenvalue weighted by molar-refractivity contribution is -0.0539. The van der Waals surface area contributed by atoms with E-state index >= 15 is 0 Å². The van der Waals surface area contributed by atoms with Crippen molar-refractivity contribution in [1.82, 2.24) is 9.88 Å². The lowest BCUT2D eigenvalue weighted by atomic mass is 9.89. The van der Waals surface area contributed by atoms with Crippen LogP contribution in [0.3, 0.4) is 0 Å². The fourth-order valence-corrected chi connectivity index (χ4v) is 1.95. The summed E-state index contributed by atoms with van der Waals surface area (Å²) < 4.78 is 19.7. The Morgan fingerprint density at radius 2 is 2.11 bits per heavy atom. The van der Waals surface area contributed by atoms with Gasteiger partial charge >= 0.3 is 6.09 Å². The number of rotatable bonds is 1. The minimum atomic E-state index is -1.56. The minimum absolute atomic E-state index is 0.0226. The fourth-order valence-electron chi connectivity index (χ4n) is 1.84. The molecule has 1 saturated heterocycles. The van der Waals surface area contributed by atoms with Crippen LogP contribution in [0.15, 0.2) is 18.3 Å². The first-order valence-corrected chi connectivity index (χ1v) is 6.36. The average Bonchev–Trinajstić information content (AvgIpc) is 2.23. The molecule has 19 heavy (non-hydrogen) atoms. The zero-order valence-electron chi connectivity index (χ0n) is 11.1. The maximum absolute atomic E-state index is 14.5. The Bertz CT molecular complexity index is 478. The maximum atomic E-state index is 14.5. The molecule has 2 heterocycles. The van der Waals surface area contributed by atoms with Crippen LogP contribution in [0, 0.1) is 0 Å². The van der Waals surface area contributed by atoms with Crippen molar-refractivity contribution >= 4 is 17.7 Å². The Kier molecular flexibility index (Phi) is 3.43. The lowest BCUT2D eigenvalue weighted by Gasteiger charge is -2.44. The highest BCUT2D eigenvalue weighted by atomic mass is 35.5.